The van der Waals surface area contributed by atoms with Crippen molar-refractivity contribution >= 4 is 5.91 Å². The predicted molar refractivity (Wildman–Crippen MR) is 94.1 cm³/mol. The summed E-state index contributed by atoms with van der Waals surface area (Å²) >= 11 is 0. The molecule has 1 saturated heterocycles. The highest BCUT2D eigenvalue weighted by molar-refractivity contribution is 5.77. The Morgan fingerprint density at radius 2 is 1.70 bits per heavy atom. The van der Waals surface area contributed by atoms with Gasteiger partial charge in [0.25, 0.3) is 0 Å². The molecule has 0 spiro atoms. The van der Waals surface area contributed by atoms with Gasteiger partial charge in [0.1, 0.15) is 18.8 Å². The molecule has 1 heterocycles. The van der Waals surface area contributed by atoms with E-state index in [1.54, 1.807) is 0 Å². The van der Waals surface area contributed by atoms with Crippen LogP contribution in [0.1, 0.15) is 19.8 Å². The normalized spacial score (nSPS) is 25.5. The lowest BCUT2D eigenvalue weighted by atomic mass is 10.0. The molecule has 0 saturated carbocycles. The molecule has 0 aromatic carbocycles. The smallest absolute Gasteiger partial charge is 0.245 e. The second-order valence-electron chi connectivity index (χ2n) is 6.08. The number of ether oxygens (including phenoxy) is 5. The van der Waals surface area contributed by atoms with Crippen molar-refractivity contribution in [3.05, 3.63) is 0 Å². The van der Waals surface area contributed by atoms with Crippen LogP contribution in [0.25, 0.3) is 0 Å². The van der Waals surface area contributed by atoms with Crippen LogP contribution in [0.4, 0.5) is 0 Å². The lowest BCUT2D eigenvalue weighted by molar-refractivity contribution is -0.259. The molecule has 1 rings (SSSR count). The second-order valence-corrected chi connectivity index (χ2v) is 6.08. The molecule has 4 unspecified atom stereocenters. The Morgan fingerprint density at radius 3 is 2.33 bits per heavy atom. The Morgan fingerprint density at radius 1 is 1.07 bits per heavy atom. The monoisotopic (exact) mass is 395 g/mol. The van der Waals surface area contributed by atoms with E-state index >= 15 is 0 Å². The number of amides is 1. The van der Waals surface area contributed by atoms with E-state index in [0.29, 0.717) is 39.6 Å². The van der Waals surface area contributed by atoms with Crippen LogP contribution in [0.5, 0.6) is 0 Å². The van der Waals surface area contributed by atoms with Crippen molar-refractivity contribution in [1.82, 2.24) is 5.32 Å². The maximum Gasteiger partial charge on any atom is 0.245 e. The summed E-state index contributed by atoms with van der Waals surface area (Å²) in [5.41, 5.74) is 0. The number of aliphatic hydroxyl groups excluding tert-OH is 3. The van der Waals surface area contributed by atoms with Crippen LogP contribution in [0.3, 0.4) is 0 Å². The van der Waals surface area contributed by atoms with Crippen molar-refractivity contribution in [3.63, 3.8) is 0 Å². The first-order chi connectivity index (χ1) is 13.1. The van der Waals surface area contributed by atoms with Crippen molar-refractivity contribution in [2.75, 3.05) is 59.4 Å². The van der Waals surface area contributed by atoms with Gasteiger partial charge < -0.3 is 44.3 Å². The van der Waals surface area contributed by atoms with Crippen LogP contribution in [0, 0.1) is 0 Å². The van der Waals surface area contributed by atoms with Gasteiger partial charge in [-0.05, 0) is 6.42 Å². The zero-order chi connectivity index (χ0) is 19.9. The first-order valence-electron chi connectivity index (χ1n) is 9.32. The molecule has 27 heavy (non-hydrogen) atoms. The summed E-state index contributed by atoms with van der Waals surface area (Å²) in [6.45, 7) is 4.33. The standard InChI is InChI=1S/C17H33NO9/c1-2-3-18-15(21)12-25-7-6-23-4-5-24-8-9-26-16-10-13(20)17(22)14(11-19)27-16/h13-14,16-17,19-20,22H,2-12H2,1H3,(H,18,21). The van der Waals surface area contributed by atoms with Gasteiger partial charge in [-0.25, -0.2) is 0 Å². The highest BCUT2D eigenvalue weighted by atomic mass is 16.7. The molecule has 10 nitrogen and oxygen atoms in total. The summed E-state index contributed by atoms with van der Waals surface area (Å²) in [5, 5.41) is 31.1. The molecule has 0 radical (unpaired) electrons. The van der Waals surface area contributed by atoms with Crippen molar-refractivity contribution in [2.45, 2.75) is 44.4 Å². The largest absolute Gasteiger partial charge is 0.394 e. The molecule has 0 aromatic heterocycles. The molecule has 0 bridgehead atoms. The SMILES string of the molecule is CCCNC(=O)COCCOCCOCCOC1CC(O)C(O)C(CO)O1. The molecule has 1 aliphatic rings. The third-order valence-corrected chi connectivity index (χ3v) is 3.80. The first-order valence-corrected chi connectivity index (χ1v) is 9.32. The van der Waals surface area contributed by atoms with E-state index in [1.807, 2.05) is 6.92 Å². The maximum atomic E-state index is 11.3. The molecule has 4 N–H and O–H groups in total. The minimum absolute atomic E-state index is 0.0311. The molecule has 0 aliphatic carbocycles. The molecular formula is C17H33NO9. The van der Waals surface area contributed by atoms with Gasteiger partial charge in [0, 0.05) is 13.0 Å². The van der Waals surface area contributed by atoms with Crippen molar-refractivity contribution in [2.24, 2.45) is 0 Å². The van der Waals surface area contributed by atoms with E-state index in [9.17, 15) is 15.0 Å². The Kier molecular flexibility index (Phi) is 13.5. The molecule has 1 amide bonds. The van der Waals surface area contributed by atoms with E-state index in [0.717, 1.165) is 6.42 Å². The number of hydrogen-bond donors (Lipinski definition) is 4. The second kappa shape index (κ2) is 15.1. The number of carbonyl (C=O) groups excluding carboxylic acids is 1. The number of carbonyl (C=O) groups is 1. The fraction of sp³-hybridized carbons (Fsp3) is 0.941. The summed E-state index contributed by atoms with van der Waals surface area (Å²) in [6, 6.07) is 0. The number of aliphatic hydroxyl groups is 3. The van der Waals surface area contributed by atoms with Crippen LogP contribution in [-0.2, 0) is 28.5 Å². The van der Waals surface area contributed by atoms with E-state index < -0.39 is 24.6 Å². The fourth-order valence-corrected chi connectivity index (χ4v) is 2.33. The van der Waals surface area contributed by atoms with Crippen molar-refractivity contribution in [3.8, 4) is 0 Å². The number of nitrogens with one attached hydrogen (secondary N) is 1. The number of rotatable bonds is 15. The number of hydrogen-bond acceptors (Lipinski definition) is 9. The minimum Gasteiger partial charge on any atom is -0.394 e. The van der Waals surface area contributed by atoms with Crippen LogP contribution in [0.15, 0.2) is 0 Å². The zero-order valence-corrected chi connectivity index (χ0v) is 15.9. The van der Waals surface area contributed by atoms with Gasteiger partial charge >= 0.3 is 0 Å². The molecule has 10 heteroatoms. The summed E-state index contributed by atoms with van der Waals surface area (Å²) in [4.78, 5) is 11.3. The molecule has 160 valence electrons. The van der Waals surface area contributed by atoms with Crippen LogP contribution in [0.2, 0.25) is 0 Å². The van der Waals surface area contributed by atoms with Gasteiger partial charge in [0.2, 0.25) is 5.91 Å². The van der Waals surface area contributed by atoms with Crippen molar-refractivity contribution in [1.29, 1.82) is 0 Å². The minimum atomic E-state index is -1.11. The van der Waals surface area contributed by atoms with Crippen LogP contribution in [-0.4, -0.2) is 105 Å². The van der Waals surface area contributed by atoms with Gasteiger partial charge in [0.05, 0.1) is 52.4 Å². The van der Waals surface area contributed by atoms with Gasteiger partial charge in [0.15, 0.2) is 6.29 Å². The van der Waals surface area contributed by atoms with E-state index in [4.69, 9.17) is 28.8 Å². The quantitative estimate of drug-likeness (QED) is 0.242. The Hall–Kier alpha value is -0.850. The molecule has 4 atom stereocenters. The van der Waals surface area contributed by atoms with Gasteiger partial charge in [-0.1, -0.05) is 6.92 Å². The average Bonchev–Trinajstić information content (AvgIpc) is 2.66. The fourth-order valence-electron chi connectivity index (χ4n) is 2.33. The topological polar surface area (TPSA) is 136 Å². The maximum absolute atomic E-state index is 11.3. The summed E-state index contributed by atoms with van der Waals surface area (Å²) in [7, 11) is 0. The lowest BCUT2D eigenvalue weighted by Gasteiger charge is -2.35. The highest BCUT2D eigenvalue weighted by Crippen LogP contribution is 2.20. The van der Waals surface area contributed by atoms with Gasteiger partial charge in [-0.2, -0.15) is 0 Å². The van der Waals surface area contributed by atoms with E-state index in [1.165, 1.54) is 0 Å². The summed E-state index contributed by atoms with van der Waals surface area (Å²) in [6.07, 6.45) is -2.62. The first kappa shape index (κ1) is 24.2. The highest BCUT2D eigenvalue weighted by Gasteiger charge is 2.36. The van der Waals surface area contributed by atoms with Crippen LogP contribution < -0.4 is 5.32 Å². The Bertz CT molecular complexity index is 385. The molecule has 0 aromatic rings. The predicted octanol–water partition coefficient (Wildman–Crippen LogP) is -1.59. The molecule has 1 fully saturated rings. The van der Waals surface area contributed by atoms with Gasteiger partial charge in [-0.3, -0.25) is 4.79 Å². The third-order valence-electron chi connectivity index (χ3n) is 3.80. The average molecular weight is 395 g/mol. The van der Waals surface area contributed by atoms with Crippen LogP contribution >= 0.6 is 0 Å². The van der Waals surface area contributed by atoms with E-state index in [2.05, 4.69) is 5.32 Å². The lowest BCUT2D eigenvalue weighted by Crippen LogP contribution is -2.50. The zero-order valence-electron chi connectivity index (χ0n) is 15.9. The molecular weight excluding hydrogens is 362 g/mol. The van der Waals surface area contributed by atoms with Crippen molar-refractivity contribution < 1.29 is 43.8 Å². The third kappa shape index (κ3) is 10.9. The summed E-state index contributed by atoms with van der Waals surface area (Å²) in [5.74, 6) is -0.130. The van der Waals surface area contributed by atoms with E-state index in [-0.39, 0.29) is 32.1 Å². The Labute approximate surface area is 159 Å². The summed E-state index contributed by atoms with van der Waals surface area (Å²) < 4.78 is 26.6. The molecule has 1 aliphatic heterocycles. The van der Waals surface area contributed by atoms with Gasteiger partial charge in [-0.15, -0.1) is 0 Å². The Balaban J connectivity index is 1.88.